The molecule has 0 aliphatic rings. The molecule has 98 valence electrons. The van der Waals surface area contributed by atoms with E-state index in [1.54, 1.807) is 17.1 Å². The molecule has 1 aromatic rings. The van der Waals surface area contributed by atoms with Gasteiger partial charge in [0.15, 0.2) is 0 Å². The van der Waals surface area contributed by atoms with Crippen LogP contribution < -0.4 is 5.73 Å². The number of nitrogens with zero attached hydrogens (tertiary/aromatic N) is 1. The van der Waals surface area contributed by atoms with E-state index in [1.165, 1.54) is 0 Å². The number of hydrogen-bond acceptors (Lipinski definition) is 2. The van der Waals surface area contributed by atoms with Crippen LogP contribution in [0.4, 0.5) is 5.69 Å². The molecule has 0 radical (unpaired) electrons. The Morgan fingerprint density at radius 3 is 2.61 bits per heavy atom. The predicted octanol–water partition coefficient (Wildman–Crippen LogP) is 2.93. The van der Waals surface area contributed by atoms with Gasteiger partial charge in [0.05, 0.1) is 0 Å². The highest BCUT2D eigenvalue weighted by atomic mass is 16.2. The number of nitrogens with two attached hydrogens (primary N) is 1. The Labute approximate surface area is 109 Å². The highest BCUT2D eigenvalue weighted by molar-refractivity contribution is 5.91. The van der Waals surface area contributed by atoms with Crippen LogP contribution in [-0.2, 0) is 4.79 Å². The maximum absolute atomic E-state index is 12.0. The van der Waals surface area contributed by atoms with E-state index >= 15 is 0 Å². The second-order valence-electron chi connectivity index (χ2n) is 4.42. The van der Waals surface area contributed by atoms with Gasteiger partial charge in [0.25, 0.3) is 0 Å². The summed E-state index contributed by atoms with van der Waals surface area (Å²) in [5.74, 6) is 0.0334. The molecule has 0 fully saturated rings. The minimum atomic E-state index is 0.0334. The van der Waals surface area contributed by atoms with Crippen LogP contribution in [0, 0.1) is 0 Å². The van der Waals surface area contributed by atoms with Gasteiger partial charge in [-0.25, -0.2) is 0 Å². The summed E-state index contributed by atoms with van der Waals surface area (Å²) in [7, 11) is 1.85. The molecule has 1 amide bonds. The van der Waals surface area contributed by atoms with Crippen LogP contribution in [0.25, 0.3) is 6.08 Å². The van der Waals surface area contributed by atoms with Crippen molar-refractivity contribution in [2.45, 2.75) is 32.7 Å². The van der Waals surface area contributed by atoms with E-state index in [1.807, 2.05) is 31.3 Å². The first kappa shape index (κ1) is 14.3. The van der Waals surface area contributed by atoms with Crippen molar-refractivity contribution in [1.82, 2.24) is 4.90 Å². The van der Waals surface area contributed by atoms with Crippen molar-refractivity contribution in [3.63, 3.8) is 0 Å². The fraction of sp³-hybridized carbons (Fsp3) is 0.400. The Bertz CT molecular complexity index is 422. The minimum Gasteiger partial charge on any atom is -0.399 e. The molecule has 0 atom stereocenters. The van der Waals surface area contributed by atoms with Gasteiger partial charge in [-0.15, -0.1) is 0 Å². The zero-order valence-corrected chi connectivity index (χ0v) is 11.4. The van der Waals surface area contributed by atoms with Gasteiger partial charge >= 0.3 is 0 Å². The van der Waals surface area contributed by atoms with Gasteiger partial charge in [-0.2, -0.15) is 0 Å². The van der Waals surface area contributed by atoms with Crippen LogP contribution in [-0.4, -0.2) is 23.9 Å². The Kier molecular flexibility index (Phi) is 5.43. The largest absolute Gasteiger partial charge is 0.399 e. The molecule has 0 aromatic heterocycles. The Morgan fingerprint density at radius 2 is 2.06 bits per heavy atom. The first-order valence-corrected chi connectivity index (χ1v) is 6.38. The Hall–Kier alpha value is -1.77. The van der Waals surface area contributed by atoms with Crippen LogP contribution >= 0.6 is 0 Å². The van der Waals surface area contributed by atoms with Crippen molar-refractivity contribution in [3.8, 4) is 0 Å². The van der Waals surface area contributed by atoms with E-state index in [4.69, 9.17) is 5.73 Å². The van der Waals surface area contributed by atoms with E-state index in [-0.39, 0.29) is 5.91 Å². The molecule has 0 spiro atoms. The first-order valence-electron chi connectivity index (χ1n) is 6.38. The summed E-state index contributed by atoms with van der Waals surface area (Å²) in [4.78, 5) is 13.8. The quantitative estimate of drug-likeness (QED) is 0.641. The average Bonchev–Trinajstić information content (AvgIpc) is 2.37. The van der Waals surface area contributed by atoms with Gasteiger partial charge in [0, 0.05) is 24.9 Å². The first-order chi connectivity index (χ1) is 8.58. The van der Waals surface area contributed by atoms with Crippen LogP contribution in [0.1, 0.15) is 32.3 Å². The summed E-state index contributed by atoms with van der Waals surface area (Å²) in [6.07, 6.45) is 5.36. The number of carbonyl (C=O) groups is 1. The monoisotopic (exact) mass is 246 g/mol. The van der Waals surface area contributed by atoms with Gasteiger partial charge < -0.3 is 10.6 Å². The van der Waals surface area contributed by atoms with E-state index in [0.717, 1.165) is 18.4 Å². The van der Waals surface area contributed by atoms with Crippen molar-refractivity contribution in [2.24, 2.45) is 0 Å². The Morgan fingerprint density at radius 1 is 1.39 bits per heavy atom. The van der Waals surface area contributed by atoms with Crippen LogP contribution in [0.2, 0.25) is 0 Å². The predicted molar refractivity (Wildman–Crippen MR) is 77.0 cm³/mol. The van der Waals surface area contributed by atoms with E-state index in [0.29, 0.717) is 11.7 Å². The molecule has 2 N–H and O–H groups in total. The molecule has 3 heteroatoms. The van der Waals surface area contributed by atoms with Crippen LogP contribution in [0.3, 0.4) is 0 Å². The van der Waals surface area contributed by atoms with Gasteiger partial charge in [-0.1, -0.05) is 26.0 Å². The normalized spacial score (nSPS) is 11.1. The molecular formula is C15H22N2O. The van der Waals surface area contributed by atoms with Crippen molar-refractivity contribution < 1.29 is 4.79 Å². The molecule has 0 bridgehead atoms. The number of carbonyl (C=O) groups excluding carboxylic acids is 1. The zero-order valence-electron chi connectivity index (χ0n) is 11.4. The van der Waals surface area contributed by atoms with Crippen molar-refractivity contribution >= 4 is 17.7 Å². The van der Waals surface area contributed by atoms with Crippen molar-refractivity contribution in [2.75, 3.05) is 12.8 Å². The molecule has 0 heterocycles. The minimum absolute atomic E-state index is 0.0334. The fourth-order valence-corrected chi connectivity index (χ4v) is 1.96. The van der Waals surface area contributed by atoms with Crippen molar-refractivity contribution in [3.05, 3.63) is 35.9 Å². The van der Waals surface area contributed by atoms with E-state index in [2.05, 4.69) is 13.8 Å². The lowest BCUT2D eigenvalue weighted by Crippen LogP contribution is -2.34. The second kappa shape index (κ2) is 6.84. The molecular weight excluding hydrogens is 224 g/mol. The third kappa shape index (κ3) is 3.91. The zero-order chi connectivity index (χ0) is 13.5. The SMILES string of the molecule is CCC(CC)N(C)C(=O)/C=C/c1cccc(N)c1. The summed E-state index contributed by atoms with van der Waals surface area (Å²) in [6.45, 7) is 4.19. The maximum Gasteiger partial charge on any atom is 0.246 e. The topological polar surface area (TPSA) is 46.3 Å². The molecule has 0 saturated heterocycles. The van der Waals surface area contributed by atoms with E-state index in [9.17, 15) is 4.79 Å². The van der Waals surface area contributed by atoms with Crippen LogP contribution in [0.15, 0.2) is 30.3 Å². The van der Waals surface area contributed by atoms with E-state index < -0.39 is 0 Å². The number of likely N-dealkylation sites (N-methyl/N-ethyl adjacent to an activating group) is 1. The molecule has 3 nitrogen and oxygen atoms in total. The summed E-state index contributed by atoms with van der Waals surface area (Å²) in [5, 5.41) is 0. The molecule has 18 heavy (non-hydrogen) atoms. The standard InChI is InChI=1S/C15H22N2O/c1-4-14(5-2)17(3)15(18)10-9-12-7-6-8-13(16)11-12/h6-11,14H,4-5,16H2,1-3H3/b10-9+. The lowest BCUT2D eigenvalue weighted by molar-refractivity contribution is -0.126. The number of rotatable bonds is 5. The van der Waals surface area contributed by atoms with Gasteiger partial charge in [0.2, 0.25) is 5.91 Å². The Balaban J connectivity index is 2.69. The summed E-state index contributed by atoms with van der Waals surface area (Å²) in [6, 6.07) is 7.79. The molecule has 1 aromatic carbocycles. The number of hydrogen-bond donors (Lipinski definition) is 1. The fourth-order valence-electron chi connectivity index (χ4n) is 1.96. The number of anilines is 1. The summed E-state index contributed by atoms with van der Waals surface area (Å²) < 4.78 is 0. The summed E-state index contributed by atoms with van der Waals surface area (Å²) >= 11 is 0. The molecule has 0 aliphatic heterocycles. The lowest BCUT2D eigenvalue weighted by atomic mass is 10.1. The molecule has 0 aliphatic carbocycles. The smallest absolute Gasteiger partial charge is 0.246 e. The third-order valence-corrected chi connectivity index (χ3v) is 3.17. The third-order valence-electron chi connectivity index (χ3n) is 3.17. The molecule has 0 saturated carbocycles. The highest BCUT2D eigenvalue weighted by Gasteiger charge is 2.13. The number of amides is 1. The van der Waals surface area contributed by atoms with Gasteiger partial charge in [-0.05, 0) is 36.6 Å². The number of nitrogen functional groups attached to an aromatic ring is 1. The van der Waals surface area contributed by atoms with Crippen molar-refractivity contribution in [1.29, 1.82) is 0 Å². The molecule has 0 unspecified atom stereocenters. The highest BCUT2D eigenvalue weighted by Crippen LogP contribution is 2.10. The van der Waals surface area contributed by atoms with Gasteiger partial charge in [0.1, 0.15) is 0 Å². The average molecular weight is 246 g/mol. The second-order valence-corrected chi connectivity index (χ2v) is 4.42. The summed E-state index contributed by atoms with van der Waals surface area (Å²) in [5.41, 5.74) is 7.34. The lowest BCUT2D eigenvalue weighted by Gasteiger charge is -2.24. The van der Waals surface area contributed by atoms with Crippen LogP contribution in [0.5, 0.6) is 0 Å². The number of benzene rings is 1. The van der Waals surface area contributed by atoms with Gasteiger partial charge in [-0.3, -0.25) is 4.79 Å². The maximum atomic E-state index is 12.0. The molecule has 1 rings (SSSR count).